The van der Waals surface area contributed by atoms with E-state index in [9.17, 15) is 9.18 Å². The van der Waals surface area contributed by atoms with E-state index in [4.69, 9.17) is 0 Å². The summed E-state index contributed by atoms with van der Waals surface area (Å²) in [5.74, 6) is -0.167. The lowest BCUT2D eigenvalue weighted by atomic mass is 10.2. The molecule has 0 aliphatic heterocycles. The van der Waals surface area contributed by atoms with Gasteiger partial charge >= 0.3 is 0 Å². The molecule has 0 amide bonds. The molecule has 1 aromatic heterocycles. The standard InChI is InChI=1S/C17H17FN2O/c1-4-8-15(12(3)18)20-16(9-5-2)19-14-11-7-6-10-13(14)17(20)21/h4,6-8,10-11H,1,3,5,9H2,2H3/b15-8+. The van der Waals surface area contributed by atoms with Gasteiger partial charge in [-0.3, -0.25) is 9.36 Å². The van der Waals surface area contributed by atoms with Crippen molar-refractivity contribution in [3.8, 4) is 0 Å². The average Bonchev–Trinajstić information content (AvgIpc) is 2.46. The minimum Gasteiger partial charge on any atom is -0.268 e. The highest BCUT2D eigenvalue weighted by Crippen LogP contribution is 2.19. The molecule has 0 spiro atoms. The van der Waals surface area contributed by atoms with E-state index < -0.39 is 5.83 Å². The number of halogens is 1. The van der Waals surface area contributed by atoms with Gasteiger partial charge in [-0.2, -0.15) is 0 Å². The molecular formula is C17H17FN2O. The molecule has 0 bridgehead atoms. The van der Waals surface area contributed by atoms with E-state index in [1.165, 1.54) is 16.7 Å². The van der Waals surface area contributed by atoms with Gasteiger partial charge in [0, 0.05) is 6.42 Å². The van der Waals surface area contributed by atoms with Crippen molar-refractivity contribution in [2.45, 2.75) is 19.8 Å². The Morgan fingerprint density at radius 3 is 2.76 bits per heavy atom. The van der Waals surface area contributed by atoms with Gasteiger partial charge in [-0.05, 0) is 24.6 Å². The van der Waals surface area contributed by atoms with Crippen molar-refractivity contribution in [2.24, 2.45) is 0 Å². The third-order valence-electron chi connectivity index (χ3n) is 3.11. The molecule has 0 unspecified atom stereocenters. The average molecular weight is 284 g/mol. The summed E-state index contributed by atoms with van der Waals surface area (Å²) in [6, 6.07) is 7.05. The van der Waals surface area contributed by atoms with Crippen LogP contribution < -0.4 is 5.56 Å². The quantitative estimate of drug-likeness (QED) is 0.781. The molecule has 2 rings (SSSR count). The van der Waals surface area contributed by atoms with Gasteiger partial charge in [0.2, 0.25) is 0 Å². The van der Waals surface area contributed by atoms with Crippen LogP contribution in [-0.4, -0.2) is 9.55 Å². The highest BCUT2D eigenvalue weighted by molar-refractivity contribution is 5.79. The van der Waals surface area contributed by atoms with Gasteiger partial charge in [0.05, 0.1) is 16.6 Å². The second-order valence-electron chi connectivity index (χ2n) is 4.63. The summed E-state index contributed by atoms with van der Waals surface area (Å²) in [7, 11) is 0. The number of para-hydroxylation sites is 1. The fraction of sp³-hybridized carbons (Fsp3) is 0.176. The van der Waals surface area contributed by atoms with Gasteiger partial charge in [0.25, 0.3) is 5.56 Å². The zero-order valence-corrected chi connectivity index (χ0v) is 12.0. The first-order chi connectivity index (χ1) is 10.1. The van der Waals surface area contributed by atoms with E-state index >= 15 is 0 Å². The minimum atomic E-state index is -0.688. The monoisotopic (exact) mass is 284 g/mol. The Hall–Kier alpha value is -2.49. The third-order valence-corrected chi connectivity index (χ3v) is 3.11. The molecule has 21 heavy (non-hydrogen) atoms. The molecular weight excluding hydrogens is 267 g/mol. The molecule has 0 saturated heterocycles. The fourth-order valence-electron chi connectivity index (χ4n) is 2.22. The smallest absolute Gasteiger partial charge is 0.266 e. The van der Waals surface area contributed by atoms with E-state index in [1.54, 1.807) is 18.2 Å². The number of hydrogen-bond acceptors (Lipinski definition) is 2. The lowest BCUT2D eigenvalue weighted by Crippen LogP contribution is -2.25. The molecule has 108 valence electrons. The van der Waals surface area contributed by atoms with Gasteiger partial charge in [-0.1, -0.05) is 38.3 Å². The van der Waals surface area contributed by atoms with Crippen LogP contribution in [0.2, 0.25) is 0 Å². The van der Waals surface area contributed by atoms with Gasteiger partial charge in [0.15, 0.2) is 0 Å². The summed E-state index contributed by atoms with van der Waals surface area (Å²) in [6.45, 7) is 8.84. The van der Waals surface area contributed by atoms with Gasteiger partial charge in [0.1, 0.15) is 11.7 Å². The number of benzene rings is 1. The maximum atomic E-state index is 13.7. The first-order valence-electron chi connectivity index (χ1n) is 6.78. The second-order valence-corrected chi connectivity index (χ2v) is 4.63. The van der Waals surface area contributed by atoms with E-state index in [2.05, 4.69) is 18.1 Å². The highest BCUT2D eigenvalue weighted by Gasteiger charge is 2.15. The SMILES string of the molecule is C=C/C=C(\C(=C)F)n1c(CCC)nc2ccccc2c1=O. The Kier molecular flexibility index (Phi) is 4.48. The number of aromatic nitrogens is 2. The van der Waals surface area contributed by atoms with Crippen LogP contribution in [0.5, 0.6) is 0 Å². The molecule has 2 aromatic rings. The van der Waals surface area contributed by atoms with Gasteiger partial charge < -0.3 is 0 Å². The van der Waals surface area contributed by atoms with Gasteiger partial charge in [-0.25, -0.2) is 9.37 Å². The number of rotatable bonds is 5. The number of allylic oxidation sites excluding steroid dienone is 4. The van der Waals surface area contributed by atoms with E-state index in [0.717, 1.165) is 6.42 Å². The predicted octanol–water partition coefficient (Wildman–Crippen LogP) is 3.86. The zero-order chi connectivity index (χ0) is 15.4. The van der Waals surface area contributed by atoms with Gasteiger partial charge in [-0.15, -0.1) is 0 Å². The lowest BCUT2D eigenvalue weighted by molar-refractivity contribution is 0.655. The van der Waals surface area contributed by atoms with E-state index in [-0.39, 0.29) is 11.3 Å². The Morgan fingerprint density at radius 2 is 2.14 bits per heavy atom. The Balaban J connectivity index is 2.87. The minimum absolute atomic E-state index is 0.0803. The number of aryl methyl sites for hydroxylation is 1. The van der Waals surface area contributed by atoms with Crippen LogP contribution in [0, 0.1) is 0 Å². The highest BCUT2D eigenvalue weighted by atomic mass is 19.1. The molecule has 3 nitrogen and oxygen atoms in total. The molecule has 0 saturated carbocycles. The second kappa shape index (κ2) is 6.31. The largest absolute Gasteiger partial charge is 0.268 e. The van der Waals surface area contributed by atoms with Crippen molar-refractivity contribution >= 4 is 16.6 Å². The van der Waals surface area contributed by atoms with Crippen molar-refractivity contribution in [3.05, 3.63) is 71.6 Å². The summed E-state index contributed by atoms with van der Waals surface area (Å²) >= 11 is 0. The molecule has 0 aliphatic carbocycles. The first-order valence-corrected chi connectivity index (χ1v) is 6.78. The van der Waals surface area contributed by atoms with Crippen LogP contribution >= 0.6 is 0 Å². The van der Waals surface area contributed by atoms with Crippen molar-refractivity contribution in [1.82, 2.24) is 9.55 Å². The van der Waals surface area contributed by atoms with Crippen molar-refractivity contribution in [2.75, 3.05) is 0 Å². The maximum absolute atomic E-state index is 13.7. The molecule has 0 aliphatic rings. The topological polar surface area (TPSA) is 34.9 Å². The first kappa shape index (κ1) is 14.9. The Morgan fingerprint density at radius 1 is 1.43 bits per heavy atom. The molecule has 4 heteroatoms. The summed E-state index contributed by atoms with van der Waals surface area (Å²) < 4.78 is 15.0. The van der Waals surface area contributed by atoms with Crippen molar-refractivity contribution in [1.29, 1.82) is 0 Å². The summed E-state index contributed by atoms with van der Waals surface area (Å²) in [6.07, 6.45) is 4.23. The van der Waals surface area contributed by atoms with E-state index in [0.29, 0.717) is 23.1 Å². The van der Waals surface area contributed by atoms with E-state index in [1.807, 2.05) is 13.0 Å². The van der Waals surface area contributed by atoms with Crippen LogP contribution in [0.1, 0.15) is 19.2 Å². The van der Waals surface area contributed by atoms with Crippen LogP contribution in [0.15, 0.2) is 60.2 Å². The third kappa shape index (κ3) is 2.84. The fourth-order valence-corrected chi connectivity index (χ4v) is 2.22. The molecule has 0 atom stereocenters. The number of fused-ring (bicyclic) bond motifs is 1. The summed E-state index contributed by atoms with van der Waals surface area (Å²) in [5.41, 5.74) is 0.400. The molecule has 0 fully saturated rings. The zero-order valence-electron chi connectivity index (χ0n) is 12.0. The normalized spacial score (nSPS) is 11.6. The van der Waals surface area contributed by atoms with Crippen LogP contribution in [0.3, 0.4) is 0 Å². The molecule has 0 N–H and O–H groups in total. The van der Waals surface area contributed by atoms with Crippen LogP contribution in [0.25, 0.3) is 16.6 Å². The lowest BCUT2D eigenvalue weighted by Gasteiger charge is -2.14. The Labute approximate surface area is 122 Å². The van der Waals surface area contributed by atoms with Crippen LogP contribution in [-0.2, 0) is 6.42 Å². The molecule has 1 aromatic carbocycles. The summed E-state index contributed by atoms with van der Waals surface area (Å²) in [4.78, 5) is 17.2. The van der Waals surface area contributed by atoms with Crippen molar-refractivity contribution < 1.29 is 4.39 Å². The van der Waals surface area contributed by atoms with Crippen LogP contribution in [0.4, 0.5) is 4.39 Å². The predicted molar refractivity (Wildman–Crippen MR) is 84.7 cm³/mol. The Bertz CT molecular complexity index is 787. The molecule has 0 radical (unpaired) electrons. The molecule has 1 heterocycles. The number of nitrogens with zero attached hydrogens (tertiary/aromatic N) is 2. The number of hydrogen-bond donors (Lipinski definition) is 0. The van der Waals surface area contributed by atoms with Crippen molar-refractivity contribution in [3.63, 3.8) is 0 Å². The summed E-state index contributed by atoms with van der Waals surface area (Å²) in [5, 5.41) is 0.452. The maximum Gasteiger partial charge on any atom is 0.266 e.